The Hall–Kier alpha value is -3.11. The molecular weight excluding hydrogens is 516 g/mol. The first-order valence-corrected chi connectivity index (χ1v) is 14.3. The van der Waals surface area contributed by atoms with E-state index in [1.807, 2.05) is 6.07 Å². The zero-order valence-electron chi connectivity index (χ0n) is 23.8. The van der Waals surface area contributed by atoms with Crippen molar-refractivity contribution in [2.75, 3.05) is 40.7 Å². The Morgan fingerprint density at radius 2 is 1.75 bits per heavy atom. The van der Waals surface area contributed by atoms with E-state index in [0.717, 1.165) is 18.4 Å². The summed E-state index contributed by atoms with van der Waals surface area (Å²) < 4.78 is 27.3. The summed E-state index contributed by atoms with van der Waals surface area (Å²) in [6, 6.07) is 4.18. The number of esters is 1. The zero-order valence-corrected chi connectivity index (χ0v) is 23.8. The fraction of sp³-hybridized carbons (Fsp3) is 0.633. The van der Waals surface area contributed by atoms with Crippen molar-refractivity contribution in [3.8, 4) is 11.5 Å². The Morgan fingerprint density at radius 3 is 2.48 bits per heavy atom. The topological polar surface area (TPSA) is 104 Å². The largest absolute Gasteiger partial charge is 0.464 e. The number of hydrogen-bond acceptors (Lipinski definition) is 8. The van der Waals surface area contributed by atoms with E-state index in [1.54, 1.807) is 30.0 Å². The Kier molecular flexibility index (Phi) is 10.8. The number of carbonyl (C=O) groups excluding carboxylic acids is 3. The van der Waals surface area contributed by atoms with Crippen molar-refractivity contribution in [2.45, 2.75) is 76.7 Å². The van der Waals surface area contributed by atoms with Gasteiger partial charge >= 0.3 is 5.97 Å². The van der Waals surface area contributed by atoms with Gasteiger partial charge in [0.05, 0.1) is 12.6 Å². The van der Waals surface area contributed by atoms with Gasteiger partial charge in [-0.15, -0.1) is 0 Å². The van der Waals surface area contributed by atoms with E-state index < -0.39 is 18.4 Å². The summed E-state index contributed by atoms with van der Waals surface area (Å²) in [5.41, 5.74) is 0.752. The molecule has 1 aromatic carbocycles. The molecule has 0 N–H and O–H groups in total. The maximum absolute atomic E-state index is 13.5. The fourth-order valence-electron chi connectivity index (χ4n) is 5.71. The Labute approximate surface area is 236 Å². The lowest BCUT2D eigenvalue weighted by molar-refractivity contribution is -0.163. The number of methoxy groups -OCH3 is 2. The summed E-state index contributed by atoms with van der Waals surface area (Å²) in [6.07, 6.45) is 10.6. The highest BCUT2D eigenvalue weighted by Crippen LogP contribution is 2.33. The molecule has 2 aliphatic heterocycles. The maximum atomic E-state index is 13.5. The van der Waals surface area contributed by atoms with Crippen molar-refractivity contribution in [1.82, 2.24) is 9.80 Å². The highest BCUT2D eigenvalue weighted by Gasteiger charge is 2.38. The van der Waals surface area contributed by atoms with Gasteiger partial charge in [-0.25, -0.2) is 4.79 Å². The molecule has 1 aliphatic carbocycles. The Bertz CT molecular complexity index is 1050. The summed E-state index contributed by atoms with van der Waals surface area (Å²) in [6.45, 7) is 2.56. The predicted octanol–water partition coefficient (Wildman–Crippen LogP) is 3.77. The Balaban J connectivity index is 1.42. The van der Waals surface area contributed by atoms with Crippen LogP contribution in [-0.4, -0.2) is 86.7 Å². The van der Waals surface area contributed by atoms with Crippen molar-refractivity contribution in [1.29, 1.82) is 0 Å². The predicted molar refractivity (Wildman–Crippen MR) is 147 cm³/mol. The quantitative estimate of drug-likeness (QED) is 0.175. The number of rotatable bonds is 11. The number of likely N-dealkylation sites (tertiary alicyclic amines) is 1. The third-order valence-electron chi connectivity index (χ3n) is 8.04. The molecule has 3 aliphatic rings. The second kappa shape index (κ2) is 14.5. The van der Waals surface area contributed by atoms with Crippen LogP contribution in [0, 0.1) is 5.92 Å². The van der Waals surface area contributed by atoms with Crippen LogP contribution >= 0.6 is 0 Å². The first kappa shape index (κ1) is 29.9. The van der Waals surface area contributed by atoms with Gasteiger partial charge in [0.2, 0.25) is 18.6 Å². The monoisotopic (exact) mass is 558 g/mol. The summed E-state index contributed by atoms with van der Waals surface area (Å²) in [5.74, 6) is 0.610. The second-order valence-electron chi connectivity index (χ2n) is 10.7. The number of benzene rings is 1. The lowest BCUT2D eigenvalue weighted by Crippen LogP contribution is -2.52. The molecule has 10 heteroatoms. The van der Waals surface area contributed by atoms with Crippen LogP contribution < -0.4 is 9.47 Å². The normalized spacial score (nSPS) is 20.1. The third-order valence-corrected chi connectivity index (χ3v) is 8.04. The van der Waals surface area contributed by atoms with Gasteiger partial charge in [-0.1, -0.05) is 31.7 Å². The molecule has 220 valence electrons. The van der Waals surface area contributed by atoms with E-state index in [9.17, 15) is 14.4 Å². The minimum absolute atomic E-state index is 0.163. The molecule has 1 aromatic rings. The molecule has 1 saturated carbocycles. The first-order valence-electron chi connectivity index (χ1n) is 14.3. The van der Waals surface area contributed by atoms with Crippen LogP contribution in [0.15, 0.2) is 24.3 Å². The molecule has 10 nitrogen and oxygen atoms in total. The lowest BCUT2D eigenvalue weighted by Gasteiger charge is -2.34. The molecule has 0 bridgehead atoms. The van der Waals surface area contributed by atoms with Gasteiger partial charge in [-0.05, 0) is 62.3 Å². The van der Waals surface area contributed by atoms with E-state index in [4.69, 9.17) is 23.7 Å². The van der Waals surface area contributed by atoms with Gasteiger partial charge in [-0.3, -0.25) is 9.59 Å². The van der Waals surface area contributed by atoms with E-state index in [2.05, 4.69) is 0 Å². The van der Waals surface area contributed by atoms with Crippen LogP contribution in [0.3, 0.4) is 0 Å². The average Bonchev–Trinajstić information content (AvgIpc) is 3.57. The van der Waals surface area contributed by atoms with E-state index in [1.165, 1.54) is 50.9 Å². The molecule has 40 heavy (non-hydrogen) atoms. The van der Waals surface area contributed by atoms with Gasteiger partial charge in [-0.2, -0.15) is 0 Å². The van der Waals surface area contributed by atoms with Crippen LogP contribution in [0.4, 0.5) is 0 Å². The second-order valence-corrected chi connectivity index (χ2v) is 10.7. The van der Waals surface area contributed by atoms with Crippen LogP contribution in [-0.2, 0) is 28.6 Å². The standard InChI is InChI=1S/C30H42N2O8/c1-21(30(36-2)37-3)32(27(33)15-13-22-12-14-25-26(17-22)40-20-39-25)18-28(34)31-16-8-11-24(31)29(35)38-19-23-9-6-4-5-7-10-23/h12-15,17,21,23-24,30H,4-11,16,18-20H2,1-3H3/b15-13+. The van der Waals surface area contributed by atoms with Crippen molar-refractivity contribution >= 4 is 23.9 Å². The molecule has 2 atom stereocenters. The number of nitrogens with zero attached hydrogens (tertiary/aromatic N) is 2. The van der Waals surface area contributed by atoms with Crippen LogP contribution in [0.2, 0.25) is 0 Å². The van der Waals surface area contributed by atoms with Gasteiger partial charge in [0, 0.05) is 26.8 Å². The molecule has 0 spiro atoms. The van der Waals surface area contributed by atoms with Crippen molar-refractivity contribution in [2.24, 2.45) is 5.92 Å². The number of hydrogen-bond donors (Lipinski definition) is 0. The van der Waals surface area contributed by atoms with Gasteiger partial charge in [0.25, 0.3) is 0 Å². The molecule has 2 heterocycles. The van der Waals surface area contributed by atoms with Gasteiger partial charge < -0.3 is 33.5 Å². The summed E-state index contributed by atoms with van der Waals surface area (Å²) >= 11 is 0. The number of amides is 2. The minimum Gasteiger partial charge on any atom is -0.464 e. The smallest absolute Gasteiger partial charge is 0.328 e. The van der Waals surface area contributed by atoms with Crippen molar-refractivity contribution in [3.63, 3.8) is 0 Å². The Morgan fingerprint density at radius 1 is 1.02 bits per heavy atom. The lowest BCUT2D eigenvalue weighted by atomic mass is 10.0. The summed E-state index contributed by atoms with van der Waals surface area (Å²) in [7, 11) is 2.97. The number of ether oxygens (including phenoxy) is 5. The fourth-order valence-corrected chi connectivity index (χ4v) is 5.71. The molecule has 0 radical (unpaired) electrons. The maximum Gasteiger partial charge on any atom is 0.328 e. The molecule has 2 fully saturated rings. The van der Waals surface area contributed by atoms with E-state index in [0.29, 0.717) is 43.4 Å². The molecule has 0 aromatic heterocycles. The van der Waals surface area contributed by atoms with Gasteiger partial charge in [0.15, 0.2) is 17.8 Å². The minimum atomic E-state index is -0.741. The third kappa shape index (κ3) is 7.54. The first-order chi connectivity index (χ1) is 19.4. The van der Waals surface area contributed by atoms with E-state index in [-0.39, 0.29) is 31.1 Å². The molecule has 2 amide bonds. The molecule has 2 unspecified atom stereocenters. The van der Waals surface area contributed by atoms with Crippen molar-refractivity contribution < 1.29 is 38.1 Å². The molecular formula is C30H42N2O8. The van der Waals surface area contributed by atoms with Crippen LogP contribution in [0.5, 0.6) is 11.5 Å². The zero-order chi connectivity index (χ0) is 28.5. The highest BCUT2D eigenvalue weighted by atomic mass is 16.7. The average molecular weight is 559 g/mol. The van der Waals surface area contributed by atoms with Crippen LogP contribution in [0.1, 0.15) is 63.9 Å². The number of fused-ring (bicyclic) bond motifs is 1. The van der Waals surface area contributed by atoms with Gasteiger partial charge in [0.1, 0.15) is 12.6 Å². The molecule has 4 rings (SSSR count). The summed E-state index contributed by atoms with van der Waals surface area (Å²) in [5, 5.41) is 0. The van der Waals surface area contributed by atoms with E-state index >= 15 is 0 Å². The number of carbonyl (C=O) groups is 3. The highest BCUT2D eigenvalue weighted by molar-refractivity contribution is 5.95. The SMILES string of the molecule is COC(OC)C(C)N(CC(=O)N1CCCC1C(=O)OCC1CCCCCC1)C(=O)/C=C/c1ccc2c(c1)OCO2. The van der Waals surface area contributed by atoms with Crippen LogP contribution in [0.25, 0.3) is 6.08 Å². The summed E-state index contributed by atoms with van der Waals surface area (Å²) in [4.78, 5) is 42.9. The molecule has 1 saturated heterocycles. The van der Waals surface area contributed by atoms with Crippen molar-refractivity contribution in [3.05, 3.63) is 29.8 Å².